The van der Waals surface area contributed by atoms with Crippen molar-refractivity contribution in [1.29, 1.82) is 0 Å². The fourth-order valence-electron chi connectivity index (χ4n) is 2.44. The van der Waals surface area contributed by atoms with Crippen LogP contribution in [-0.2, 0) is 4.79 Å². The van der Waals surface area contributed by atoms with Crippen LogP contribution in [-0.4, -0.2) is 37.3 Å². The minimum atomic E-state index is -0.833. The monoisotopic (exact) mass is 306 g/mol. The zero-order valence-electron chi connectivity index (χ0n) is 9.90. The summed E-state index contributed by atoms with van der Waals surface area (Å²) >= 11 is 3.45. The molecule has 2 rings (SSSR count). The minimum Gasteiger partial charge on any atom is -0.481 e. The van der Waals surface area contributed by atoms with Gasteiger partial charge in [-0.2, -0.15) is 0 Å². The average molecular weight is 307 g/mol. The predicted molar refractivity (Wildman–Crippen MR) is 68.1 cm³/mol. The van der Waals surface area contributed by atoms with Crippen LogP contribution in [0.2, 0.25) is 0 Å². The smallest absolute Gasteiger partial charge is 0.300 e. The van der Waals surface area contributed by atoms with Crippen LogP contribution >= 0.6 is 15.9 Å². The van der Waals surface area contributed by atoms with E-state index < -0.39 is 17.2 Å². The second-order valence-corrected chi connectivity index (χ2v) is 5.74. The molecule has 98 valence electrons. The van der Waals surface area contributed by atoms with Crippen molar-refractivity contribution in [2.24, 2.45) is 0 Å². The molecule has 2 aliphatic carbocycles. The molecule has 0 aromatic heterocycles. The Labute approximate surface area is 109 Å². The summed E-state index contributed by atoms with van der Waals surface area (Å²) < 4.78 is 0. The Kier molecular flexibility index (Phi) is 4.75. The summed E-state index contributed by atoms with van der Waals surface area (Å²) in [6.45, 7) is 1.08. The molecule has 4 nitrogen and oxygen atoms in total. The predicted octanol–water partition coefficient (Wildman–Crippen LogP) is 1.84. The van der Waals surface area contributed by atoms with Crippen LogP contribution in [0.25, 0.3) is 0 Å². The maximum Gasteiger partial charge on any atom is 0.300 e. The highest BCUT2D eigenvalue weighted by Gasteiger charge is 2.50. The lowest BCUT2D eigenvalue weighted by atomic mass is 9.74. The molecule has 0 spiro atoms. The van der Waals surface area contributed by atoms with Crippen molar-refractivity contribution < 1.29 is 20.1 Å². The van der Waals surface area contributed by atoms with Gasteiger partial charge in [0.1, 0.15) is 0 Å². The molecule has 0 amide bonds. The highest BCUT2D eigenvalue weighted by Crippen LogP contribution is 2.45. The second kappa shape index (κ2) is 5.50. The van der Waals surface area contributed by atoms with Gasteiger partial charge in [0.05, 0.1) is 16.0 Å². The molecule has 2 aliphatic rings. The summed E-state index contributed by atoms with van der Waals surface area (Å²) in [6, 6.07) is 0. The van der Waals surface area contributed by atoms with Crippen LogP contribution in [0.1, 0.15) is 39.0 Å². The molecular weight excluding hydrogens is 288 g/mol. The number of carboxylic acids is 1. The fourth-order valence-corrected chi connectivity index (χ4v) is 3.27. The zero-order chi connectivity index (χ0) is 13.1. The number of hydrogen-bond donors (Lipinski definition) is 3. The molecule has 17 heavy (non-hydrogen) atoms. The fraction of sp³-hybridized carbons (Fsp3) is 0.750. The van der Waals surface area contributed by atoms with E-state index in [1.807, 2.05) is 12.2 Å². The van der Waals surface area contributed by atoms with Crippen LogP contribution in [0.5, 0.6) is 0 Å². The van der Waals surface area contributed by atoms with Crippen molar-refractivity contribution >= 4 is 21.9 Å². The van der Waals surface area contributed by atoms with E-state index in [-0.39, 0.29) is 4.83 Å². The Morgan fingerprint density at radius 2 is 1.59 bits per heavy atom. The molecule has 0 aromatic carbocycles. The first-order chi connectivity index (χ1) is 7.80. The van der Waals surface area contributed by atoms with E-state index in [1.54, 1.807) is 0 Å². The van der Waals surface area contributed by atoms with Gasteiger partial charge in [0.2, 0.25) is 0 Å². The Hall–Kier alpha value is -0.390. The third kappa shape index (κ3) is 3.53. The topological polar surface area (TPSA) is 77.8 Å². The van der Waals surface area contributed by atoms with E-state index in [0.29, 0.717) is 12.8 Å². The molecule has 1 fully saturated rings. The summed E-state index contributed by atoms with van der Waals surface area (Å²) in [4.78, 5) is 8.82. The van der Waals surface area contributed by atoms with E-state index >= 15 is 0 Å². The molecule has 0 heterocycles. The van der Waals surface area contributed by atoms with E-state index in [9.17, 15) is 10.2 Å². The van der Waals surface area contributed by atoms with Crippen molar-refractivity contribution in [3.8, 4) is 0 Å². The quantitative estimate of drug-likeness (QED) is 0.471. The maximum absolute atomic E-state index is 10.3. The largest absolute Gasteiger partial charge is 0.481 e. The number of aliphatic hydroxyl groups is 2. The van der Waals surface area contributed by atoms with E-state index in [2.05, 4.69) is 15.9 Å². The van der Waals surface area contributed by atoms with Gasteiger partial charge < -0.3 is 15.3 Å². The van der Waals surface area contributed by atoms with Crippen LogP contribution in [0, 0.1) is 0 Å². The van der Waals surface area contributed by atoms with Crippen molar-refractivity contribution in [2.75, 3.05) is 0 Å². The minimum absolute atomic E-state index is 0.184. The van der Waals surface area contributed by atoms with Crippen LogP contribution in [0.15, 0.2) is 12.2 Å². The van der Waals surface area contributed by atoms with E-state index in [1.165, 1.54) is 0 Å². The maximum atomic E-state index is 10.3. The van der Waals surface area contributed by atoms with Crippen molar-refractivity contribution in [3.63, 3.8) is 0 Å². The van der Waals surface area contributed by atoms with Gasteiger partial charge in [-0.05, 0) is 32.1 Å². The highest BCUT2D eigenvalue weighted by atomic mass is 79.9. The molecule has 0 aromatic rings. The molecule has 0 aliphatic heterocycles. The molecule has 3 N–H and O–H groups in total. The Morgan fingerprint density at radius 3 is 1.94 bits per heavy atom. The summed E-state index contributed by atoms with van der Waals surface area (Å²) in [5, 5.41) is 27.9. The molecule has 2 atom stereocenters. The lowest BCUT2D eigenvalue weighted by Gasteiger charge is -2.45. The summed E-state index contributed by atoms with van der Waals surface area (Å²) in [7, 11) is 0. The van der Waals surface area contributed by atoms with Gasteiger partial charge in [0.25, 0.3) is 5.97 Å². The number of alkyl halides is 1. The second-order valence-electron chi connectivity index (χ2n) is 4.82. The normalized spacial score (nSPS) is 39.9. The third-order valence-electron chi connectivity index (χ3n) is 3.27. The number of halogens is 1. The molecule has 2 unspecified atom stereocenters. The van der Waals surface area contributed by atoms with Crippen molar-refractivity contribution in [3.05, 3.63) is 12.2 Å². The van der Waals surface area contributed by atoms with Crippen molar-refractivity contribution in [2.45, 2.75) is 55.1 Å². The number of carboxylic acid groups (broad SMARTS) is 1. The van der Waals surface area contributed by atoms with Crippen LogP contribution in [0.4, 0.5) is 0 Å². The van der Waals surface area contributed by atoms with Gasteiger partial charge in [0.15, 0.2) is 0 Å². The van der Waals surface area contributed by atoms with Gasteiger partial charge in [-0.15, -0.1) is 0 Å². The summed E-state index contributed by atoms with van der Waals surface area (Å²) in [5.74, 6) is -0.833. The van der Waals surface area contributed by atoms with Crippen molar-refractivity contribution in [1.82, 2.24) is 0 Å². The first-order valence-electron chi connectivity index (χ1n) is 5.73. The lowest BCUT2D eigenvalue weighted by Crippen LogP contribution is -2.55. The molecule has 2 bridgehead atoms. The van der Waals surface area contributed by atoms with E-state index in [4.69, 9.17) is 9.90 Å². The number of carbonyl (C=O) groups is 1. The highest BCUT2D eigenvalue weighted by molar-refractivity contribution is 9.09. The summed E-state index contributed by atoms with van der Waals surface area (Å²) in [6.07, 6.45) is 7.77. The zero-order valence-corrected chi connectivity index (χ0v) is 11.5. The van der Waals surface area contributed by atoms with Crippen LogP contribution < -0.4 is 0 Å². The van der Waals surface area contributed by atoms with Gasteiger partial charge in [-0.3, -0.25) is 4.79 Å². The van der Waals surface area contributed by atoms with Gasteiger partial charge in [-0.25, -0.2) is 0 Å². The number of rotatable bonds is 0. The number of hydrogen-bond acceptors (Lipinski definition) is 3. The third-order valence-corrected chi connectivity index (χ3v) is 4.98. The van der Waals surface area contributed by atoms with Crippen LogP contribution in [0.3, 0.4) is 0 Å². The molecule has 1 saturated carbocycles. The first-order valence-corrected chi connectivity index (χ1v) is 6.65. The Bertz CT molecular complexity index is 292. The van der Waals surface area contributed by atoms with Gasteiger partial charge in [-0.1, -0.05) is 28.1 Å². The van der Waals surface area contributed by atoms with Gasteiger partial charge in [0, 0.05) is 6.92 Å². The average Bonchev–Trinajstić information content (AvgIpc) is 2.29. The van der Waals surface area contributed by atoms with E-state index in [0.717, 1.165) is 26.2 Å². The first kappa shape index (κ1) is 14.7. The molecular formula is C12H19BrO4. The molecule has 5 heteroatoms. The lowest BCUT2D eigenvalue weighted by molar-refractivity contribution is -0.134. The SMILES string of the molecule is CC(=O)O.OC12CC=CCC(O)(CCC1)C2Br. The summed E-state index contributed by atoms with van der Waals surface area (Å²) in [5.41, 5.74) is -1.47. The standard InChI is InChI=1S/C10H15BrO2.C2H4O2/c11-8-9(12)4-1-2-5-10(8,13)7-3-6-9;1-2(3)4/h1-2,8,12-13H,3-7H2;1H3,(H,3,4). The Morgan fingerprint density at radius 1 is 1.24 bits per heavy atom. The Balaban J connectivity index is 0.000000317. The number of fused-ring (bicyclic) bond motifs is 2. The molecule has 0 saturated heterocycles. The van der Waals surface area contributed by atoms with Gasteiger partial charge >= 0.3 is 0 Å². The molecule has 0 radical (unpaired) electrons. The number of aliphatic carboxylic acids is 1.